The van der Waals surface area contributed by atoms with Crippen LogP contribution in [0, 0.1) is 17.0 Å². The molecule has 1 atom stereocenters. The number of aliphatic carboxylic acids is 1. The van der Waals surface area contributed by atoms with Gasteiger partial charge in [0, 0.05) is 5.56 Å². The summed E-state index contributed by atoms with van der Waals surface area (Å²) in [5.41, 5.74) is 0.369. The van der Waals surface area contributed by atoms with Gasteiger partial charge in [0.25, 0.3) is 5.69 Å². The van der Waals surface area contributed by atoms with Gasteiger partial charge >= 0.3 is 5.97 Å². The molecule has 19 heavy (non-hydrogen) atoms. The first-order chi connectivity index (χ1) is 8.95. The van der Waals surface area contributed by atoms with Crippen LogP contribution in [0.25, 0.3) is 0 Å². The van der Waals surface area contributed by atoms with Gasteiger partial charge in [0.15, 0.2) is 0 Å². The van der Waals surface area contributed by atoms with Gasteiger partial charge in [-0.3, -0.25) is 10.1 Å². The molecule has 0 aliphatic rings. The van der Waals surface area contributed by atoms with Crippen LogP contribution in [-0.2, 0) is 4.79 Å². The molecule has 0 radical (unpaired) electrons. The molecule has 7 heteroatoms. The highest BCUT2D eigenvalue weighted by atomic mass is 16.6. The monoisotopic (exact) mass is 267 g/mol. The second kappa shape index (κ2) is 6.67. The van der Waals surface area contributed by atoms with Crippen LogP contribution < -0.4 is 5.32 Å². The molecule has 0 bridgehead atoms. The Balaban J connectivity index is 2.82. The highest BCUT2D eigenvalue weighted by Crippen LogP contribution is 2.19. The van der Waals surface area contributed by atoms with Crippen LogP contribution in [0.1, 0.15) is 31.7 Å². The van der Waals surface area contributed by atoms with Gasteiger partial charge in [-0.2, -0.15) is 0 Å². The lowest BCUT2D eigenvalue weighted by Gasteiger charge is -2.14. The Bertz CT molecular complexity index is 476. The molecule has 0 spiro atoms. The molecule has 0 aliphatic carbocycles. The average molecular weight is 267 g/mol. The summed E-state index contributed by atoms with van der Waals surface area (Å²) in [6.07, 6.45) is 3.31. The summed E-state index contributed by atoms with van der Waals surface area (Å²) in [6.45, 7) is 3.57. The number of hydrogen-bond donors (Lipinski definition) is 2. The van der Waals surface area contributed by atoms with E-state index in [2.05, 4.69) is 10.3 Å². The van der Waals surface area contributed by atoms with Crippen molar-refractivity contribution in [3.05, 3.63) is 27.9 Å². The zero-order chi connectivity index (χ0) is 14.4. The van der Waals surface area contributed by atoms with E-state index in [9.17, 15) is 14.9 Å². The summed E-state index contributed by atoms with van der Waals surface area (Å²) in [5.74, 6) is -0.613. The van der Waals surface area contributed by atoms with Gasteiger partial charge in [-0.05, 0) is 19.4 Å². The molecular formula is C12H17N3O4. The van der Waals surface area contributed by atoms with Crippen molar-refractivity contribution in [2.45, 2.75) is 39.2 Å². The number of nitrogens with one attached hydrogen (secondary N) is 1. The molecule has 0 aliphatic heterocycles. The van der Waals surface area contributed by atoms with Gasteiger partial charge in [-0.25, -0.2) is 9.78 Å². The summed E-state index contributed by atoms with van der Waals surface area (Å²) >= 11 is 0. The molecule has 0 amide bonds. The zero-order valence-corrected chi connectivity index (χ0v) is 10.9. The van der Waals surface area contributed by atoms with Crippen LogP contribution in [0.5, 0.6) is 0 Å². The number of aryl methyl sites for hydroxylation is 1. The molecule has 1 heterocycles. The topological polar surface area (TPSA) is 105 Å². The van der Waals surface area contributed by atoms with Crippen molar-refractivity contribution in [2.75, 3.05) is 5.32 Å². The molecule has 2 N–H and O–H groups in total. The number of carboxylic acid groups (broad SMARTS) is 1. The summed E-state index contributed by atoms with van der Waals surface area (Å²) in [5, 5.41) is 22.5. The predicted molar refractivity (Wildman–Crippen MR) is 70.2 cm³/mol. The van der Waals surface area contributed by atoms with Crippen molar-refractivity contribution in [1.82, 2.24) is 4.98 Å². The third-order valence-electron chi connectivity index (χ3n) is 2.75. The SMILES string of the molecule is CCCC[C@H](Nc1cc(C)c([N+](=O)[O-])cn1)C(=O)O. The van der Waals surface area contributed by atoms with E-state index >= 15 is 0 Å². The van der Waals surface area contributed by atoms with Gasteiger partial charge in [-0.1, -0.05) is 19.8 Å². The molecule has 1 rings (SSSR count). The van der Waals surface area contributed by atoms with Gasteiger partial charge in [0.05, 0.1) is 4.92 Å². The zero-order valence-electron chi connectivity index (χ0n) is 10.9. The minimum Gasteiger partial charge on any atom is -0.480 e. The third kappa shape index (κ3) is 4.20. The minimum absolute atomic E-state index is 0.0778. The second-order valence-electron chi connectivity index (χ2n) is 4.29. The maximum absolute atomic E-state index is 11.1. The molecule has 104 valence electrons. The van der Waals surface area contributed by atoms with E-state index in [4.69, 9.17) is 5.11 Å². The van der Waals surface area contributed by atoms with Crippen molar-refractivity contribution < 1.29 is 14.8 Å². The number of carboxylic acids is 1. The Morgan fingerprint density at radius 2 is 2.32 bits per heavy atom. The fraction of sp³-hybridized carbons (Fsp3) is 0.500. The average Bonchev–Trinajstić information content (AvgIpc) is 2.33. The first-order valence-corrected chi connectivity index (χ1v) is 6.06. The summed E-state index contributed by atoms with van der Waals surface area (Å²) in [6, 6.07) is 0.758. The molecule has 1 aromatic rings. The van der Waals surface area contributed by atoms with Crippen LogP contribution in [0.3, 0.4) is 0 Å². The largest absolute Gasteiger partial charge is 0.480 e. The van der Waals surface area contributed by atoms with E-state index in [0.717, 1.165) is 19.0 Å². The standard InChI is InChI=1S/C12H17N3O4/c1-3-4-5-9(12(16)17)14-11-6-8(2)10(7-13-11)15(18)19/h6-7,9H,3-5H2,1-2H3,(H,13,14)(H,16,17)/t9-/m0/s1. The van der Waals surface area contributed by atoms with E-state index in [1.54, 1.807) is 6.92 Å². The van der Waals surface area contributed by atoms with Crippen molar-refractivity contribution in [2.24, 2.45) is 0 Å². The van der Waals surface area contributed by atoms with E-state index < -0.39 is 16.9 Å². The fourth-order valence-corrected chi connectivity index (χ4v) is 1.66. The number of hydrogen-bond acceptors (Lipinski definition) is 5. The summed E-state index contributed by atoms with van der Waals surface area (Å²) < 4.78 is 0. The van der Waals surface area contributed by atoms with E-state index in [1.165, 1.54) is 6.07 Å². The van der Waals surface area contributed by atoms with Crippen LogP contribution >= 0.6 is 0 Å². The van der Waals surface area contributed by atoms with E-state index in [0.29, 0.717) is 17.8 Å². The number of aromatic nitrogens is 1. The fourth-order valence-electron chi connectivity index (χ4n) is 1.66. The smallest absolute Gasteiger partial charge is 0.326 e. The van der Waals surface area contributed by atoms with Gasteiger partial charge in [0.2, 0.25) is 0 Å². The molecule has 0 saturated heterocycles. The predicted octanol–water partition coefficient (Wildman–Crippen LogP) is 2.35. The lowest BCUT2D eigenvalue weighted by atomic mass is 10.1. The minimum atomic E-state index is -0.953. The second-order valence-corrected chi connectivity index (χ2v) is 4.29. The first-order valence-electron chi connectivity index (χ1n) is 6.06. The quantitative estimate of drug-likeness (QED) is 0.580. The first kappa shape index (κ1) is 14.9. The van der Waals surface area contributed by atoms with Crippen molar-refractivity contribution in [3.63, 3.8) is 0 Å². The molecule has 0 unspecified atom stereocenters. The number of rotatable bonds is 7. The summed E-state index contributed by atoms with van der Waals surface area (Å²) in [7, 11) is 0. The molecule has 0 fully saturated rings. The molecular weight excluding hydrogens is 250 g/mol. The number of nitro groups is 1. The Kier molecular flexibility index (Phi) is 5.23. The van der Waals surface area contributed by atoms with Crippen molar-refractivity contribution in [3.8, 4) is 0 Å². The Morgan fingerprint density at radius 3 is 2.79 bits per heavy atom. The van der Waals surface area contributed by atoms with Crippen LogP contribution in [0.4, 0.5) is 11.5 Å². The number of anilines is 1. The highest BCUT2D eigenvalue weighted by molar-refractivity contribution is 5.76. The molecule has 1 aromatic heterocycles. The maximum atomic E-state index is 11.1. The lowest BCUT2D eigenvalue weighted by Crippen LogP contribution is -2.29. The van der Waals surface area contributed by atoms with Crippen molar-refractivity contribution in [1.29, 1.82) is 0 Å². The number of carbonyl (C=O) groups is 1. The Hall–Kier alpha value is -2.18. The lowest BCUT2D eigenvalue weighted by molar-refractivity contribution is -0.385. The van der Waals surface area contributed by atoms with Gasteiger partial charge in [0.1, 0.15) is 18.1 Å². The number of nitrogens with zero attached hydrogens (tertiary/aromatic N) is 2. The molecule has 7 nitrogen and oxygen atoms in total. The van der Waals surface area contributed by atoms with Crippen LogP contribution in [0.15, 0.2) is 12.3 Å². The van der Waals surface area contributed by atoms with E-state index in [-0.39, 0.29) is 5.69 Å². The summed E-state index contributed by atoms with van der Waals surface area (Å²) in [4.78, 5) is 25.1. The normalized spacial score (nSPS) is 11.9. The third-order valence-corrected chi connectivity index (χ3v) is 2.75. The van der Waals surface area contributed by atoms with Crippen LogP contribution in [0.2, 0.25) is 0 Å². The van der Waals surface area contributed by atoms with Crippen molar-refractivity contribution >= 4 is 17.5 Å². The van der Waals surface area contributed by atoms with Gasteiger partial charge in [-0.15, -0.1) is 0 Å². The molecule has 0 saturated carbocycles. The number of pyridine rings is 1. The highest BCUT2D eigenvalue weighted by Gasteiger charge is 2.18. The van der Waals surface area contributed by atoms with Gasteiger partial charge < -0.3 is 10.4 Å². The number of unbranched alkanes of at least 4 members (excludes halogenated alkanes) is 1. The Morgan fingerprint density at radius 1 is 1.63 bits per heavy atom. The van der Waals surface area contributed by atoms with Crippen LogP contribution in [-0.4, -0.2) is 27.0 Å². The maximum Gasteiger partial charge on any atom is 0.326 e. The Labute approximate surface area is 110 Å². The molecule has 0 aromatic carbocycles. The van der Waals surface area contributed by atoms with E-state index in [1.807, 2.05) is 6.92 Å².